The van der Waals surface area contributed by atoms with Gasteiger partial charge in [0.1, 0.15) is 17.3 Å². The Kier molecular flexibility index (Phi) is 6.49. The molecule has 0 spiro atoms. The van der Waals surface area contributed by atoms with Crippen LogP contribution < -0.4 is 15.2 Å². The van der Waals surface area contributed by atoms with Gasteiger partial charge in [0.2, 0.25) is 0 Å². The first-order chi connectivity index (χ1) is 16.1. The fourth-order valence-corrected chi connectivity index (χ4v) is 5.16. The number of benzene rings is 2. The Hall–Kier alpha value is -3.22. The highest BCUT2D eigenvalue weighted by Gasteiger charge is 2.53. The summed E-state index contributed by atoms with van der Waals surface area (Å²) < 4.78 is 26.3. The van der Waals surface area contributed by atoms with Gasteiger partial charge in [-0.3, -0.25) is 0 Å². The van der Waals surface area contributed by atoms with Crippen LogP contribution in [0, 0.1) is 0 Å². The van der Waals surface area contributed by atoms with E-state index in [1.54, 1.807) is 28.4 Å². The van der Waals surface area contributed by atoms with E-state index < -0.39 is 5.60 Å². The van der Waals surface area contributed by atoms with Gasteiger partial charge in [0.25, 0.3) is 0 Å². The van der Waals surface area contributed by atoms with Crippen molar-refractivity contribution in [1.82, 2.24) is 4.57 Å². The van der Waals surface area contributed by atoms with Crippen LogP contribution in [-0.4, -0.2) is 39.6 Å². The Balaban J connectivity index is 2.13. The van der Waals surface area contributed by atoms with E-state index >= 15 is 0 Å². The number of nitrogens with zero attached hydrogens (tertiary/aromatic N) is 1. The van der Waals surface area contributed by atoms with E-state index in [1.165, 1.54) is 0 Å². The molecule has 3 aromatic rings. The Labute approximate surface area is 195 Å². The van der Waals surface area contributed by atoms with Gasteiger partial charge in [0.05, 0.1) is 27.2 Å². The minimum absolute atomic E-state index is 0.261. The molecule has 6 heteroatoms. The molecule has 33 heavy (non-hydrogen) atoms. The van der Waals surface area contributed by atoms with Gasteiger partial charge in [-0.05, 0) is 36.7 Å². The first kappa shape index (κ1) is 23.0. The second kappa shape index (κ2) is 9.33. The molecule has 2 unspecified atom stereocenters. The van der Waals surface area contributed by atoms with Gasteiger partial charge in [-0.25, -0.2) is 0 Å². The van der Waals surface area contributed by atoms with E-state index in [0.29, 0.717) is 12.3 Å². The molecule has 0 saturated heterocycles. The maximum Gasteiger partial charge on any atom is 0.164 e. The number of nitrogens with two attached hydrogens (primary N) is 1. The van der Waals surface area contributed by atoms with Crippen LogP contribution in [0.3, 0.4) is 0 Å². The summed E-state index contributed by atoms with van der Waals surface area (Å²) in [5, 5.41) is 0. The van der Waals surface area contributed by atoms with Crippen LogP contribution >= 0.6 is 0 Å². The van der Waals surface area contributed by atoms with E-state index in [4.69, 9.17) is 24.7 Å². The number of aromatic nitrogens is 1. The summed E-state index contributed by atoms with van der Waals surface area (Å²) in [6.07, 6.45) is 2.84. The Bertz CT molecular complexity index is 1170. The van der Waals surface area contributed by atoms with Crippen molar-refractivity contribution in [2.45, 2.75) is 17.9 Å². The molecule has 1 aliphatic rings. The molecule has 6 nitrogen and oxygen atoms in total. The number of methoxy groups -OCH3 is 4. The molecular formula is C27H32N2O4. The first-order valence-electron chi connectivity index (χ1n) is 11.0. The van der Waals surface area contributed by atoms with Crippen molar-refractivity contribution in [3.8, 4) is 11.5 Å². The van der Waals surface area contributed by atoms with Gasteiger partial charge in [-0.15, -0.1) is 0 Å². The Morgan fingerprint density at radius 2 is 1.55 bits per heavy atom. The lowest BCUT2D eigenvalue weighted by molar-refractivity contribution is -0.0382. The fraction of sp³-hybridized carbons (Fsp3) is 0.333. The largest absolute Gasteiger partial charge is 0.498 e. The number of rotatable bonds is 8. The number of hydrogen-bond donors (Lipinski definition) is 1. The Morgan fingerprint density at radius 1 is 0.879 bits per heavy atom. The van der Waals surface area contributed by atoms with Crippen LogP contribution in [0.4, 0.5) is 0 Å². The highest BCUT2D eigenvalue weighted by molar-refractivity contribution is 5.68. The van der Waals surface area contributed by atoms with Gasteiger partial charge >= 0.3 is 0 Å². The van der Waals surface area contributed by atoms with Crippen LogP contribution in [-0.2, 0) is 28.5 Å². The zero-order valence-corrected chi connectivity index (χ0v) is 19.9. The molecule has 2 N–H and O–H groups in total. The van der Waals surface area contributed by atoms with Crippen molar-refractivity contribution in [2.75, 3.05) is 35.0 Å². The lowest BCUT2D eigenvalue weighted by Gasteiger charge is -2.44. The van der Waals surface area contributed by atoms with Crippen LogP contribution in [0.15, 0.2) is 60.4 Å². The smallest absolute Gasteiger partial charge is 0.164 e. The van der Waals surface area contributed by atoms with Crippen molar-refractivity contribution >= 4 is 6.08 Å². The third-order valence-corrected chi connectivity index (χ3v) is 6.66. The molecule has 1 aromatic heterocycles. The second-order valence-corrected chi connectivity index (χ2v) is 8.10. The quantitative estimate of drug-likeness (QED) is 0.559. The van der Waals surface area contributed by atoms with E-state index in [1.807, 2.05) is 42.5 Å². The maximum absolute atomic E-state index is 6.48. The molecular weight excluding hydrogens is 416 g/mol. The predicted molar refractivity (Wildman–Crippen MR) is 130 cm³/mol. The number of para-hydroxylation sites is 2. The topological polar surface area (TPSA) is 67.9 Å². The molecule has 2 atom stereocenters. The second-order valence-electron chi connectivity index (χ2n) is 8.10. The van der Waals surface area contributed by atoms with Crippen LogP contribution in [0.2, 0.25) is 0 Å². The molecule has 4 rings (SSSR count). The van der Waals surface area contributed by atoms with Gasteiger partial charge < -0.3 is 29.2 Å². The van der Waals surface area contributed by atoms with Crippen molar-refractivity contribution < 1.29 is 18.9 Å². The average Bonchev–Trinajstić information content (AvgIpc) is 3.17. The minimum atomic E-state index is -0.982. The van der Waals surface area contributed by atoms with Crippen molar-refractivity contribution in [1.29, 1.82) is 0 Å². The summed E-state index contributed by atoms with van der Waals surface area (Å²) in [6, 6.07) is 18.2. The first-order valence-corrected chi connectivity index (χ1v) is 11.0. The molecule has 2 aromatic carbocycles. The minimum Gasteiger partial charge on any atom is -0.498 e. The monoisotopic (exact) mass is 448 g/mol. The summed E-state index contributed by atoms with van der Waals surface area (Å²) in [7, 11) is 8.83. The summed E-state index contributed by atoms with van der Waals surface area (Å²) in [5.74, 6) is 1.94. The molecule has 1 heterocycles. The lowest BCUT2D eigenvalue weighted by atomic mass is 9.68. The SMILES string of the molecule is COC1=Cc2c(cc(CCN)n2C)C(c2ccccc2OC)C1(OC)c1ccccc1OC. The fourth-order valence-electron chi connectivity index (χ4n) is 5.16. The van der Waals surface area contributed by atoms with Crippen molar-refractivity contribution in [3.05, 3.63) is 88.4 Å². The Morgan fingerprint density at radius 3 is 2.18 bits per heavy atom. The predicted octanol–water partition coefficient (Wildman–Crippen LogP) is 4.22. The molecule has 0 bridgehead atoms. The summed E-state index contributed by atoms with van der Waals surface area (Å²) in [6.45, 7) is 0.568. The van der Waals surface area contributed by atoms with Gasteiger partial charge in [0.15, 0.2) is 5.60 Å². The molecule has 0 fully saturated rings. The van der Waals surface area contributed by atoms with E-state index in [9.17, 15) is 0 Å². The molecule has 174 valence electrons. The number of fused-ring (bicyclic) bond motifs is 1. The average molecular weight is 449 g/mol. The summed E-state index contributed by atoms with van der Waals surface area (Å²) in [4.78, 5) is 0. The molecule has 0 radical (unpaired) electrons. The zero-order valence-electron chi connectivity index (χ0n) is 19.9. The molecule has 0 aliphatic heterocycles. The lowest BCUT2D eigenvalue weighted by Crippen LogP contribution is -2.41. The molecule has 0 saturated carbocycles. The highest BCUT2D eigenvalue weighted by atomic mass is 16.5. The summed E-state index contributed by atoms with van der Waals surface area (Å²) in [5.41, 5.74) is 10.2. The standard InChI is InChI=1S/C27H32N2O4/c1-29-18(14-15-28)16-20-22(29)17-25(32-4)27(33-5,21-11-7-9-13-24(21)31-3)26(20)19-10-6-8-12-23(19)30-2/h6-13,16-17,26H,14-15,28H2,1-5H3. The normalized spacial score (nSPS) is 19.6. The number of hydrogen-bond acceptors (Lipinski definition) is 5. The summed E-state index contributed by atoms with van der Waals surface area (Å²) >= 11 is 0. The van der Waals surface area contributed by atoms with Crippen molar-refractivity contribution in [3.63, 3.8) is 0 Å². The van der Waals surface area contributed by atoms with E-state index in [0.717, 1.165) is 46.0 Å². The third-order valence-electron chi connectivity index (χ3n) is 6.66. The van der Waals surface area contributed by atoms with Gasteiger partial charge in [0, 0.05) is 42.7 Å². The van der Waals surface area contributed by atoms with Crippen molar-refractivity contribution in [2.24, 2.45) is 12.8 Å². The van der Waals surface area contributed by atoms with Crippen LogP contribution in [0.1, 0.15) is 34.0 Å². The zero-order chi connectivity index (χ0) is 23.6. The van der Waals surface area contributed by atoms with Crippen LogP contribution in [0.25, 0.3) is 6.08 Å². The van der Waals surface area contributed by atoms with Gasteiger partial charge in [-0.2, -0.15) is 0 Å². The number of ether oxygens (including phenoxy) is 4. The van der Waals surface area contributed by atoms with E-state index in [-0.39, 0.29) is 5.92 Å². The third kappa shape index (κ3) is 3.50. The van der Waals surface area contributed by atoms with Gasteiger partial charge in [-0.1, -0.05) is 36.4 Å². The van der Waals surface area contributed by atoms with E-state index in [2.05, 4.69) is 29.8 Å². The highest BCUT2D eigenvalue weighted by Crippen LogP contribution is 2.57. The maximum atomic E-state index is 6.48. The molecule has 0 amide bonds. The van der Waals surface area contributed by atoms with Crippen LogP contribution in [0.5, 0.6) is 11.5 Å². The molecule has 1 aliphatic carbocycles.